The molecular weight excluding hydrogens is 276 g/mol. The second kappa shape index (κ2) is 5.87. The highest BCUT2D eigenvalue weighted by molar-refractivity contribution is 5.34. The van der Waals surface area contributed by atoms with Gasteiger partial charge in [-0.3, -0.25) is 0 Å². The molecule has 1 atom stereocenters. The fourth-order valence-electron chi connectivity index (χ4n) is 1.70. The van der Waals surface area contributed by atoms with E-state index in [0.717, 1.165) is 24.3 Å². The molecule has 106 valence electrons. The SMILES string of the molecule is N[C@@H](c1ccc(OCF)c(F)c1)c1nc(F)ccc1F. The lowest BCUT2D eigenvalue weighted by molar-refractivity contribution is 0.184. The van der Waals surface area contributed by atoms with E-state index in [1.54, 1.807) is 0 Å². The predicted molar refractivity (Wildman–Crippen MR) is 63.2 cm³/mol. The van der Waals surface area contributed by atoms with Crippen LogP contribution in [0.2, 0.25) is 0 Å². The highest BCUT2D eigenvalue weighted by Crippen LogP contribution is 2.25. The fraction of sp³-hybridized carbons (Fsp3) is 0.154. The Labute approximate surface area is 112 Å². The summed E-state index contributed by atoms with van der Waals surface area (Å²) in [5.74, 6) is -2.85. The zero-order chi connectivity index (χ0) is 14.7. The summed E-state index contributed by atoms with van der Waals surface area (Å²) in [6.45, 7) is -1.18. The number of pyridine rings is 1. The molecule has 0 radical (unpaired) electrons. The summed E-state index contributed by atoms with van der Waals surface area (Å²) >= 11 is 0. The summed E-state index contributed by atoms with van der Waals surface area (Å²) < 4.78 is 56.4. The molecule has 3 nitrogen and oxygen atoms in total. The van der Waals surface area contributed by atoms with Gasteiger partial charge in [-0.15, -0.1) is 0 Å². The third-order valence-electron chi connectivity index (χ3n) is 2.66. The van der Waals surface area contributed by atoms with Crippen molar-refractivity contribution in [2.45, 2.75) is 6.04 Å². The first-order chi connectivity index (χ1) is 9.52. The van der Waals surface area contributed by atoms with E-state index in [1.807, 2.05) is 0 Å². The Hall–Kier alpha value is -2.15. The van der Waals surface area contributed by atoms with Crippen LogP contribution in [0.4, 0.5) is 17.6 Å². The number of hydrogen-bond acceptors (Lipinski definition) is 3. The average molecular weight is 286 g/mol. The lowest BCUT2D eigenvalue weighted by atomic mass is 10.0. The van der Waals surface area contributed by atoms with E-state index in [1.165, 1.54) is 6.07 Å². The van der Waals surface area contributed by atoms with E-state index in [9.17, 15) is 17.6 Å². The van der Waals surface area contributed by atoms with Gasteiger partial charge in [-0.25, -0.2) is 18.2 Å². The third-order valence-corrected chi connectivity index (χ3v) is 2.66. The number of nitrogens with two attached hydrogens (primary N) is 1. The molecule has 0 aliphatic heterocycles. The van der Waals surface area contributed by atoms with Crippen LogP contribution in [0.5, 0.6) is 5.75 Å². The molecule has 1 aromatic carbocycles. The fourth-order valence-corrected chi connectivity index (χ4v) is 1.70. The Morgan fingerprint density at radius 3 is 2.50 bits per heavy atom. The van der Waals surface area contributed by atoms with Crippen LogP contribution in [0.15, 0.2) is 30.3 Å². The lowest BCUT2D eigenvalue weighted by Gasteiger charge is -2.13. The standard InChI is InChI=1S/C13H10F4N2O/c14-6-20-10-3-1-7(5-9(10)16)12(18)13-8(15)2-4-11(17)19-13/h1-5,12H,6,18H2/t12-/m0/s1. The second-order valence-electron chi connectivity index (χ2n) is 3.92. The molecule has 1 aromatic heterocycles. The first kappa shape index (κ1) is 14.3. The van der Waals surface area contributed by atoms with Gasteiger partial charge in [0.05, 0.1) is 6.04 Å². The van der Waals surface area contributed by atoms with Crippen LogP contribution in [0, 0.1) is 17.6 Å². The summed E-state index contributed by atoms with van der Waals surface area (Å²) in [7, 11) is 0. The number of benzene rings is 1. The maximum atomic E-state index is 13.6. The van der Waals surface area contributed by atoms with E-state index in [0.29, 0.717) is 0 Å². The topological polar surface area (TPSA) is 48.1 Å². The maximum absolute atomic E-state index is 13.6. The highest BCUT2D eigenvalue weighted by atomic mass is 19.1. The molecule has 0 fully saturated rings. The van der Waals surface area contributed by atoms with Gasteiger partial charge in [0.25, 0.3) is 0 Å². The van der Waals surface area contributed by atoms with E-state index < -0.39 is 30.5 Å². The molecule has 20 heavy (non-hydrogen) atoms. The van der Waals surface area contributed by atoms with Crippen molar-refractivity contribution in [2.75, 3.05) is 6.86 Å². The Kier molecular flexibility index (Phi) is 4.19. The van der Waals surface area contributed by atoms with Gasteiger partial charge >= 0.3 is 0 Å². The van der Waals surface area contributed by atoms with E-state index >= 15 is 0 Å². The van der Waals surface area contributed by atoms with Crippen molar-refractivity contribution in [3.05, 3.63) is 59.2 Å². The minimum Gasteiger partial charge on any atom is -0.460 e. The van der Waals surface area contributed by atoms with Crippen LogP contribution in [0.1, 0.15) is 17.3 Å². The molecule has 0 amide bonds. The number of alkyl halides is 1. The first-order valence-corrected chi connectivity index (χ1v) is 5.58. The lowest BCUT2D eigenvalue weighted by Crippen LogP contribution is -2.16. The van der Waals surface area contributed by atoms with Crippen LogP contribution in [-0.2, 0) is 0 Å². The maximum Gasteiger partial charge on any atom is 0.228 e. The number of nitrogens with zero attached hydrogens (tertiary/aromatic N) is 1. The molecule has 0 aliphatic rings. The van der Waals surface area contributed by atoms with Gasteiger partial charge in [0.15, 0.2) is 11.6 Å². The Morgan fingerprint density at radius 2 is 1.85 bits per heavy atom. The van der Waals surface area contributed by atoms with Gasteiger partial charge in [0, 0.05) is 0 Å². The van der Waals surface area contributed by atoms with Crippen molar-refractivity contribution in [3.63, 3.8) is 0 Å². The molecule has 0 saturated heterocycles. The van der Waals surface area contributed by atoms with E-state index in [-0.39, 0.29) is 17.0 Å². The first-order valence-electron chi connectivity index (χ1n) is 5.58. The minimum atomic E-state index is -1.18. The smallest absolute Gasteiger partial charge is 0.228 e. The number of hydrogen-bond donors (Lipinski definition) is 1. The monoisotopic (exact) mass is 286 g/mol. The van der Waals surface area contributed by atoms with E-state index in [4.69, 9.17) is 5.73 Å². The second-order valence-corrected chi connectivity index (χ2v) is 3.92. The minimum absolute atomic E-state index is 0.158. The van der Waals surface area contributed by atoms with Crippen molar-refractivity contribution in [2.24, 2.45) is 5.73 Å². The van der Waals surface area contributed by atoms with Gasteiger partial charge in [-0.05, 0) is 29.8 Å². The van der Waals surface area contributed by atoms with Crippen molar-refractivity contribution in [1.82, 2.24) is 4.98 Å². The molecule has 2 rings (SSSR count). The van der Waals surface area contributed by atoms with Gasteiger partial charge in [-0.2, -0.15) is 4.39 Å². The highest BCUT2D eigenvalue weighted by Gasteiger charge is 2.18. The predicted octanol–water partition coefficient (Wildman–Crippen LogP) is 2.85. The summed E-state index contributed by atoms with van der Waals surface area (Å²) in [6.07, 6.45) is 0. The summed E-state index contributed by atoms with van der Waals surface area (Å²) in [5.41, 5.74) is 5.54. The van der Waals surface area contributed by atoms with Crippen LogP contribution < -0.4 is 10.5 Å². The van der Waals surface area contributed by atoms with Crippen LogP contribution in [0.3, 0.4) is 0 Å². The molecule has 1 heterocycles. The number of rotatable bonds is 4. The van der Waals surface area contributed by atoms with E-state index in [2.05, 4.69) is 9.72 Å². The third kappa shape index (κ3) is 2.88. The molecule has 0 saturated carbocycles. The van der Waals surface area contributed by atoms with Crippen LogP contribution in [-0.4, -0.2) is 11.8 Å². The molecule has 0 aliphatic carbocycles. The van der Waals surface area contributed by atoms with Gasteiger partial charge in [0.2, 0.25) is 12.8 Å². The molecule has 2 aromatic rings. The van der Waals surface area contributed by atoms with Crippen molar-refractivity contribution in [1.29, 1.82) is 0 Å². The zero-order valence-electron chi connectivity index (χ0n) is 10.1. The zero-order valence-corrected chi connectivity index (χ0v) is 10.1. The Balaban J connectivity index is 2.35. The largest absolute Gasteiger partial charge is 0.460 e. The normalized spacial score (nSPS) is 12.2. The van der Waals surface area contributed by atoms with Gasteiger partial charge in [0.1, 0.15) is 11.5 Å². The van der Waals surface area contributed by atoms with Crippen LogP contribution in [0.25, 0.3) is 0 Å². The number of halogens is 4. The molecule has 2 N–H and O–H groups in total. The Bertz CT molecular complexity index is 621. The molecule has 0 bridgehead atoms. The van der Waals surface area contributed by atoms with Gasteiger partial charge < -0.3 is 10.5 Å². The van der Waals surface area contributed by atoms with Gasteiger partial charge in [-0.1, -0.05) is 6.07 Å². The average Bonchev–Trinajstić information content (AvgIpc) is 2.43. The van der Waals surface area contributed by atoms with Crippen molar-refractivity contribution < 1.29 is 22.3 Å². The summed E-state index contributed by atoms with van der Waals surface area (Å²) in [5, 5.41) is 0. The molecule has 0 unspecified atom stereocenters. The molecular formula is C13H10F4N2O. The quantitative estimate of drug-likeness (QED) is 0.694. The molecule has 0 spiro atoms. The van der Waals surface area contributed by atoms with Crippen molar-refractivity contribution >= 4 is 0 Å². The van der Waals surface area contributed by atoms with Crippen LogP contribution >= 0.6 is 0 Å². The number of aromatic nitrogens is 1. The molecule has 7 heteroatoms. The van der Waals surface area contributed by atoms with Crippen molar-refractivity contribution in [3.8, 4) is 5.75 Å². The Morgan fingerprint density at radius 1 is 1.10 bits per heavy atom. The summed E-state index contributed by atoms with van der Waals surface area (Å²) in [6, 6.07) is 4.02. The number of ether oxygens (including phenoxy) is 1. The summed E-state index contributed by atoms with van der Waals surface area (Å²) in [4.78, 5) is 3.36.